The van der Waals surface area contributed by atoms with E-state index < -0.39 is 0 Å². The Kier molecular flexibility index (Phi) is 6.78. The monoisotopic (exact) mass is 430 g/mol. The lowest BCUT2D eigenvalue weighted by Crippen LogP contribution is -2.45. The van der Waals surface area contributed by atoms with Gasteiger partial charge in [-0.25, -0.2) is 0 Å². The number of hydrogen-bond donors (Lipinski definition) is 2. The molecular weight excluding hydrogens is 403 g/mol. The van der Waals surface area contributed by atoms with Gasteiger partial charge >= 0.3 is 0 Å². The van der Waals surface area contributed by atoms with E-state index in [9.17, 15) is 0 Å². The fourth-order valence-electron chi connectivity index (χ4n) is 4.14. The topological polar surface area (TPSA) is 32.2 Å². The minimum atomic E-state index is 0.669. The zero-order chi connectivity index (χ0) is 20.2. The molecule has 4 rings (SSSR count). The Labute approximate surface area is 182 Å². The van der Waals surface area contributed by atoms with Crippen LogP contribution in [0.1, 0.15) is 16.8 Å². The summed E-state index contributed by atoms with van der Waals surface area (Å²) in [6.07, 6.45) is 0. The van der Waals surface area contributed by atoms with Gasteiger partial charge in [0.05, 0.1) is 0 Å². The van der Waals surface area contributed by atoms with Crippen LogP contribution in [0, 0.1) is 6.92 Å². The van der Waals surface area contributed by atoms with Crippen molar-refractivity contribution in [1.29, 1.82) is 0 Å². The zero-order valence-corrected chi connectivity index (χ0v) is 18.4. The summed E-state index contributed by atoms with van der Waals surface area (Å²) in [4.78, 5) is 2.52. The smallest absolute Gasteiger partial charge is 0.0493 e. The highest BCUT2D eigenvalue weighted by Gasteiger charge is 2.15. The Morgan fingerprint density at radius 3 is 2.66 bits per heavy atom. The predicted molar refractivity (Wildman–Crippen MR) is 123 cm³/mol. The Hall–Kier alpha value is -1.56. The molecule has 0 amide bonds. The third-order valence-electron chi connectivity index (χ3n) is 5.82. The highest BCUT2D eigenvalue weighted by molar-refractivity contribution is 6.35. The average molecular weight is 431 g/mol. The van der Waals surface area contributed by atoms with Crippen molar-refractivity contribution < 1.29 is 0 Å². The van der Waals surface area contributed by atoms with Crippen LogP contribution >= 0.6 is 23.2 Å². The van der Waals surface area contributed by atoms with E-state index in [1.54, 1.807) is 0 Å². The summed E-state index contributed by atoms with van der Waals surface area (Å²) in [5.41, 5.74) is 4.98. The highest BCUT2D eigenvalue weighted by atomic mass is 35.5. The van der Waals surface area contributed by atoms with Crippen molar-refractivity contribution in [1.82, 2.24) is 20.1 Å². The van der Waals surface area contributed by atoms with Gasteiger partial charge in [0.2, 0.25) is 0 Å². The summed E-state index contributed by atoms with van der Waals surface area (Å²) < 4.78 is 2.36. The first-order valence-corrected chi connectivity index (χ1v) is 11.0. The van der Waals surface area contributed by atoms with Gasteiger partial charge in [0, 0.05) is 79.0 Å². The van der Waals surface area contributed by atoms with E-state index >= 15 is 0 Å². The molecular formula is C23H28Cl2N4. The van der Waals surface area contributed by atoms with Crippen LogP contribution < -0.4 is 10.6 Å². The van der Waals surface area contributed by atoms with E-state index in [-0.39, 0.29) is 0 Å². The molecule has 2 heterocycles. The first-order chi connectivity index (χ1) is 14.1. The lowest BCUT2D eigenvalue weighted by molar-refractivity contribution is 0.241. The molecule has 2 N–H and O–H groups in total. The number of hydrogen-bond acceptors (Lipinski definition) is 3. The highest BCUT2D eigenvalue weighted by Crippen LogP contribution is 2.29. The molecule has 1 saturated heterocycles. The number of nitrogens with one attached hydrogen (secondary N) is 2. The first-order valence-electron chi connectivity index (χ1n) is 10.3. The number of benzene rings is 2. The molecule has 1 aliphatic rings. The SMILES string of the molecule is Cc1c(CNCCN2CCNCC2)c2ccccc2n1Cc1ccc(Cl)cc1Cl. The maximum absolute atomic E-state index is 6.45. The maximum atomic E-state index is 6.45. The summed E-state index contributed by atoms with van der Waals surface area (Å²) in [5.74, 6) is 0. The maximum Gasteiger partial charge on any atom is 0.0493 e. The van der Waals surface area contributed by atoms with Gasteiger partial charge in [0.1, 0.15) is 0 Å². The number of nitrogens with zero attached hydrogens (tertiary/aromatic N) is 2. The number of piperazine rings is 1. The first kappa shape index (κ1) is 20.7. The van der Waals surface area contributed by atoms with Crippen molar-refractivity contribution in [2.24, 2.45) is 0 Å². The molecule has 0 bridgehead atoms. The number of rotatable bonds is 7. The van der Waals surface area contributed by atoms with E-state index in [0.717, 1.165) is 57.9 Å². The lowest BCUT2D eigenvalue weighted by Gasteiger charge is -2.27. The van der Waals surface area contributed by atoms with Crippen LogP contribution in [0.2, 0.25) is 10.0 Å². The van der Waals surface area contributed by atoms with Crippen LogP contribution in [-0.2, 0) is 13.1 Å². The van der Waals surface area contributed by atoms with Crippen LogP contribution in [0.5, 0.6) is 0 Å². The van der Waals surface area contributed by atoms with Crippen molar-refractivity contribution in [2.75, 3.05) is 39.3 Å². The van der Waals surface area contributed by atoms with Crippen molar-refractivity contribution >= 4 is 34.1 Å². The fourth-order valence-corrected chi connectivity index (χ4v) is 4.60. The van der Waals surface area contributed by atoms with E-state index in [1.807, 2.05) is 18.2 Å². The molecule has 29 heavy (non-hydrogen) atoms. The normalized spacial score (nSPS) is 15.3. The second-order valence-electron chi connectivity index (χ2n) is 7.67. The predicted octanol–water partition coefficient (Wildman–Crippen LogP) is 4.30. The Bertz CT molecular complexity index is 976. The summed E-state index contributed by atoms with van der Waals surface area (Å²) in [6.45, 7) is 10.4. The number of halogens is 2. The molecule has 0 atom stereocenters. The Morgan fingerprint density at radius 1 is 1.07 bits per heavy atom. The van der Waals surface area contributed by atoms with Crippen LogP contribution in [0.15, 0.2) is 42.5 Å². The van der Waals surface area contributed by atoms with Gasteiger partial charge in [-0.3, -0.25) is 4.90 Å². The van der Waals surface area contributed by atoms with Gasteiger partial charge in [-0.1, -0.05) is 47.5 Å². The van der Waals surface area contributed by atoms with Crippen molar-refractivity contribution in [3.8, 4) is 0 Å². The molecule has 3 aromatic rings. The second-order valence-corrected chi connectivity index (χ2v) is 8.52. The standard InChI is InChI=1S/C23H28Cl2N4/c1-17-21(15-27-10-13-28-11-8-26-9-12-28)20-4-2-3-5-23(20)29(17)16-18-6-7-19(24)14-22(18)25/h2-7,14,26-27H,8-13,15-16H2,1H3. The summed E-state index contributed by atoms with van der Waals surface area (Å²) >= 11 is 12.5. The molecule has 2 aromatic carbocycles. The molecule has 6 heteroatoms. The molecule has 1 aromatic heterocycles. The quantitative estimate of drug-likeness (QED) is 0.548. The summed E-state index contributed by atoms with van der Waals surface area (Å²) in [7, 11) is 0. The molecule has 0 unspecified atom stereocenters. The minimum Gasteiger partial charge on any atom is -0.340 e. The van der Waals surface area contributed by atoms with Crippen molar-refractivity contribution in [3.63, 3.8) is 0 Å². The second kappa shape index (κ2) is 9.50. The van der Waals surface area contributed by atoms with Crippen molar-refractivity contribution in [2.45, 2.75) is 20.0 Å². The van der Waals surface area contributed by atoms with Gasteiger partial charge in [-0.15, -0.1) is 0 Å². The molecule has 0 saturated carbocycles. The number of aromatic nitrogens is 1. The molecule has 0 spiro atoms. The van der Waals surface area contributed by atoms with Crippen LogP contribution in [0.4, 0.5) is 0 Å². The van der Waals surface area contributed by atoms with Crippen LogP contribution in [0.25, 0.3) is 10.9 Å². The molecule has 0 aliphatic carbocycles. The summed E-state index contributed by atoms with van der Waals surface area (Å²) in [6, 6.07) is 14.4. The van der Waals surface area contributed by atoms with Gasteiger partial charge < -0.3 is 15.2 Å². The van der Waals surface area contributed by atoms with Gasteiger partial charge in [0.15, 0.2) is 0 Å². The Morgan fingerprint density at radius 2 is 1.86 bits per heavy atom. The third kappa shape index (κ3) is 4.79. The largest absolute Gasteiger partial charge is 0.340 e. The van der Waals surface area contributed by atoms with Gasteiger partial charge in [-0.05, 0) is 36.2 Å². The minimum absolute atomic E-state index is 0.669. The number of fused-ring (bicyclic) bond motifs is 1. The number of para-hydroxylation sites is 1. The Balaban J connectivity index is 1.51. The molecule has 0 radical (unpaired) electrons. The molecule has 154 valence electrons. The zero-order valence-electron chi connectivity index (χ0n) is 16.8. The molecule has 4 nitrogen and oxygen atoms in total. The average Bonchev–Trinajstić information content (AvgIpc) is 2.99. The fraction of sp³-hybridized carbons (Fsp3) is 0.391. The van der Waals surface area contributed by atoms with E-state index in [4.69, 9.17) is 23.2 Å². The van der Waals surface area contributed by atoms with E-state index in [1.165, 1.54) is 22.2 Å². The van der Waals surface area contributed by atoms with E-state index in [0.29, 0.717) is 10.0 Å². The third-order valence-corrected chi connectivity index (χ3v) is 6.41. The van der Waals surface area contributed by atoms with Crippen LogP contribution in [0.3, 0.4) is 0 Å². The van der Waals surface area contributed by atoms with Gasteiger partial charge in [0.25, 0.3) is 0 Å². The molecule has 1 fully saturated rings. The van der Waals surface area contributed by atoms with Crippen molar-refractivity contribution in [3.05, 3.63) is 69.3 Å². The van der Waals surface area contributed by atoms with Gasteiger partial charge in [-0.2, -0.15) is 0 Å². The summed E-state index contributed by atoms with van der Waals surface area (Å²) in [5, 5.41) is 9.76. The van der Waals surface area contributed by atoms with E-state index in [2.05, 4.69) is 51.3 Å². The van der Waals surface area contributed by atoms with Crippen LogP contribution in [-0.4, -0.2) is 48.7 Å². The molecule has 1 aliphatic heterocycles. The lowest BCUT2D eigenvalue weighted by atomic mass is 10.1.